The number of nitrogens with one attached hydrogen (secondary N) is 1. The van der Waals surface area contributed by atoms with Gasteiger partial charge in [-0.25, -0.2) is 14.0 Å². The maximum absolute atomic E-state index is 15.4. The second-order valence-corrected chi connectivity index (χ2v) is 13.3. The zero-order valence-electron chi connectivity index (χ0n) is 24.5. The summed E-state index contributed by atoms with van der Waals surface area (Å²) in [5, 5.41) is 24.8. The molecule has 5 N–H and O–H groups in total. The van der Waals surface area contributed by atoms with Crippen molar-refractivity contribution in [3.8, 4) is 11.5 Å². The van der Waals surface area contributed by atoms with E-state index in [4.69, 9.17) is 29.1 Å². The molecular formula is C30H37FN2O10. The largest absolute Gasteiger partial charge is 0.505 e. The fourth-order valence-electron chi connectivity index (χ4n) is 8.34. The number of amides is 2. The van der Waals surface area contributed by atoms with Gasteiger partial charge in [0.25, 0.3) is 0 Å². The molecule has 2 unspecified atom stereocenters. The van der Waals surface area contributed by atoms with Gasteiger partial charge in [-0.3, -0.25) is 4.79 Å². The molecular weight excluding hydrogens is 567 g/mol. The average Bonchev–Trinajstić information content (AvgIpc) is 2.89. The molecule has 2 heterocycles. The summed E-state index contributed by atoms with van der Waals surface area (Å²) in [6, 6.07) is 2.91. The van der Waals surface area contributed by atoms with Gasteiger partial charge in [0.1, 0.15) is 23.1 Å². The minimum absolute atomic E-state index is 0.0141. The number of methoxy groups -OCH3 is 1. The van der Waals surface area contributed by atoms with Crippen LogP contribution in [0.5, 0.6) is 11.5 Å². The van der Waals surface area contributed by atoms with E-state index in [1.807, 2.05) is 0 Å². The van der Waals surface area contributed by atoms with Crippen molar-refractivity contribution in [1.82, 2.24) is 0 Å². The predicted octanol–water partition coefficient (Wildman–Crippen LogP) is 3.41. The number of aliphatic hydroxyl groups excluding tert-OH is 1. The third-order valence-corrected chi connectivity index (χ3v) is 9.73. The Morgan fingerprint density at radius 3 is 2.44 bits per heavy atom. The Hall–Kier alpha value is -3.42. The lowest BCUT2D eigenvalue weighted by molar-refractivity contribution is -0.304. The Bertz CT molecular complexity index is 1530. The van der Waals surface area contributed by atoms with Crippen LogP contribution in [0.25, 0.3) is 11.0 Å². The lowest BCUT2D eigenvalue weighted by atomic mass is 9.48. The normalized spacial score (nSPS) is 36.0. The highest BCUT2D eigenvalue weighted by atomic mass is 19.1. The zero-order chi connectivity index (χ0) is 31.1. The monoisotopic (exact) mass is 604 g/mol. The Morgan fingerprint density at radius 2 is 1.84 bits per heavy atom. The number of anilines is 1. The Kier molecular flexibility index (Phi) is 6.94. The van der Waals surface area contributed by atoms with Crippen LogP contribution in [0.4, 0.5) is 14.9 Å². The van der Waals surface area contributed by atoms with Crippen molar-refractivity contribution >= 4 is 28.7 Å². The number of ether oxygens (including phenoxy) is 4. The molecule has 7 rings (SSSR count). The van der Waals surface area contributed by atoms with Gasteiger partial charge in [0.05, 0.1) is 16.4 Å². The van der Waals surface area contributed by atoms with Crippen LogP contribution in [0, 0.1) is 24.2 Å². The van der Waals surface area contributed by atoms with Crippen LogP contribution < -0.4 is 21.4 Å². The quantitative estimate of drug-likeness (QED) is 0.357. The molecule has 43 heavy (non-hydrogen) atoms. The van der Waals surface area contributed by atoms with E-state index >= 15 is 4.39 Å². The van der Waals surface area contributed by atoms with Gasteiger partial charge in [-0.05, 0) is 83.3 Å². The summed E-state index contributed by atoms with van der Waals surface area (Å²) < 4.78 is 43.4. The molecule has 5 aliphatic rings. The van der Waals surface area contributed by atoms with Crippen LogP contribution in [-0.4, -0.2) is 65.2 Å². The number of fused-ring (bicyclic) bond motifs is 1. The van der Waals surface area contributed by atoms with Crippen LogP contribution in [0.15, 0.2) is 21.3 Å². The number of halogens is 1. The van der Waals surface area contributed by atoms with Gasteiger partial charge in [-0.15, -0.1) is 0 Å². The van der Waals surface area contributed by atoms with E-state index in [0.29, 0.717) is 25.7 Å². The second-order valence-electron chi connectivity index (χ2n) is 13.3. The van der Waals surface area contributed by atoms with Crippen LogP contribution in [0.1, 0.15) is 57.9 Å². The minimum atomic E-state index is -1.51. The molecule has 1 aromatic carbocycles. The van der Waals surface area contributed by atoms with Crippen molar-refractivity contribution in [2.24, 2.45) is 23.0 Å². The fourth-order valence-corrected chi connectivity index (χ4v) is 8.34. The standard InChI is InChI=1S/C30H37FN2O10/c1-13-17(40-25-20(35)22(42-27(32)38)23(39-4)28(2,3)43-25)6-5-16-19(34)18(24(36)41-21(13)16)33-26(37)29-8-14-7-15(9-29)11-30(31,10-14)12-29/h5-6,14-15,20,22-23,25,34-35H,7-12H2,1-4H3,(H2,32,38)(H,33,37)/t14?,15?,20-,22+,23-,25-,29?,30?/m1/s1. The molecule has 4 bridgehead atoms. The SMILES string of the molecule is CO[C@@H]1[C@@H](OC(N)=O)[C@@H](O)[C@H](Oc2ccc3c(O)c(NC(=O)C45CC6CC(CC(F)(C6)C4)C5)c(=O)oc3c2C)OC1(C)C. The predicted molar refractivity (Wildman–Crippen MR) is 149 cm³/mol. The van der Waals surface area contributed by atoms with E-state index in [9.17, 15) is 24.6 Å². The number of benzene rings is 1. The number of nitrogens with two attached hydrogens (primary N) is 1. The van der Waals surface area contributed by atoms with E-state index in [0.717, 1.165) is 6.42 Å². The number of primary amides is 1. The first-order valence-corrected chi connectivity index (χ1v) is 14.5. The molecule has 0 spiro atoms. The van der Waals surface area contributed by atoms with Crippen LogP contribution in [-0.2, 0) is 19.0 Å². The third kappa shape index (κ3) is 4.91. The molecule has 1 aliphatic heterocycles. The molecule has 5 fully saturated rings. The average molecular weight is 605 g/mol. The highest BCUT2D eigenvalue weighted by molar-refractivity contribution is 6.00. The number of aromatic hydroxyl groups is 1. The maximum Gasteiger partial charge on any atom is 0.404 e. The molecule has 1 aromatic heterocycles. The highest BCUT2D eigenvalue weighted by Gasteiger charge is 2.61. The first kappa shape index (κ1) is 29.6. The number of aliphatic hydroxyl groups is 1. The molecule has 12 nitrogen and oxygen atoms in total. The molecule has 234 valence electrons. The fraction of sp³-hybridized carbons (Fsp3) is 0.633. The summed E-state index contributed by atoms with van der Waals surface area (Å²) in [7, 11) is 1.38. The minimum Gasteiger partial charge on any atom is -0.505 e. The number of rotatable bonds is 6. The Labute approximate surface area is 246 Å². The van der Waals surface area contributed by atoms with Crippen molar-refractivity contribution in [2.45, 2.75) is 95.2 Å². The Balaban J connectivity index is 1.27. The molecule has 2 amide bonds. The number of alkyl halides is 1. The van der Waals surface area contributed by atoms with E-state index in [1.54, 1.807) is 20.8 Å². The summed E-state index contributed by atoms with van der Waals surface area (Å²) in [4.78, 5) is 38.2. The van der Waals surface area contributed by atoms with Crippen molar-refractivity contribution in [3.05, 3.63) is 28.1 Å². The molecule has 4 saturated carbocycles. The lowest BCUT2D eigenvalue weighted by Crippen LogP contribution is -2.65. The number of hydrogen-bond acceptors (Lipinski definition) is 10. The first-order chi connectivity index (χ1) is 20.1. The smallest absolute Gasteiger partial charge is 0.404 e. The van der Waals surface area contributed by atoms with Gasteiger partial charge in [-0.2, -0.15) is 0 Å². The van der Waals surface area contributed by atoms with Crippen molar-refractivity contribution < 1.29 is 47.6 Å². The number of carbonyl (C=O) groups excluding carboxylic acids is 2. The molecule has 0 radical (unpaired) electrons. The van der Waals surface area contributed by atoms with Gasteiger partial charge in [0.15, 0.2) is 23.6 Å². The summed E-state index contributed by atoms with van der Waals surface area (Å²) >= 11 is 0. The summed E-state index contributed by atoms with van der Waals surface area (Å²) in [6.45, 7) is 4.90. The van der Waals surface area contributed by atoms with Crippen LogP contribution in [0.2, 0.25) is 0 Å². The highest BCUT2D eigenvalue weighted by Crippen LogP contribution is 2.63. The number of hydrogen-bond donors (Lipinski definition) is 4. The maximum atomic E-state index is 15.4. The topological polar surface area (TPSA) is 180 Å². The molecule has 4 aliphatic carbocycles. The van der Waals surface area contributed by atoms with Gasteiger partial charge in [0, 0.05) is 12.7 Å². The zero-order valence-corrected chi connectivity index (χ0v) is 24.5. The summed E-state index contributed by atoms with van der Waals surface area (Å²) in [5.74, 6) is -0.552. The van der Waals surface area contributed by atoms with E-state index < -0.39 is 70.3 Å². The second kappa shape index (κ2) is 10.1. The van der Waals surface area contributed by atoms with Gasteiger partial charge in [-0.1, -0.05) is 0 Å². The Morgan fingerprint density at radius 1 is 1.16 bits per heavy atom. The van der Waals surface area contributed by atoms with Crippen molar-refractivity contribution in [2.75, 3.05) is 12.4 Å². The first-order valence-electron chi connectivity index (χ1n) is 14.5. The molecule has 13 heteroatoms. The van der Waals surface area contributed by atoms with E-state index in [-0.39, 0.29) is 40.5 Å². The number of carbonyl (C=O) groups is 2. The van der Waals surface area contributed by atoms with Crippen molar-refractivity contribution in [3.63, 3.8) is 0 Å². The van der Waals surface area contributed by atoms with E-state index in [2.05, 4.69) is 5.32 Å². The molecule has 6 atom stereocenters. The van der Waals surface area contributed by atoms with E-state index in [1.165, 1.54) is 19.2 Å². The molecule has 1 saturated heterocycles. The summed E-state index contributed by atoms with van der Waals surface area (Å²) in [6.07, 6.45) is -2.97. The van der Waals surface area contributed by atoms with Crippen LogP contribution >= 0.6 is 0 Å². The number of aryl methyl sites for hydroxylation is 1. The third-order valence-electron chi connectivity index (χ3n) is 9.73. The van der Waals surface area contributed by atoms with Gasteiger partial charge in [0.2, 0.25) is 12.2 Å². The molecule has 2 aromatic rings. The summed E-state index contributed by atoms with van der Waals surface area (Å²) in [5.41, 5.74) is 0.724. The van der Waals surface area contributed by atoms with Gasteiger partial charge < -0.3 is 44.6 Å². The van der Waals surface area contributed by atoms with Crippen LogP contribution in [0.3, 0.4) is 0 Å². The lowest BCUT2D eigenvalue weighted by Gasteiger charge is -2.58. The van der Waals surface area contributed by atoms with Crippen molar-refractivity contribution in [1.29, 1.82) is 0 Å². The van der Waals surface area contributed by atoms with Gasteiger partial charge >= 0.3 is 11.7 Å².